The number of nitrogens with zero attached hydrogens (tertiary/aromatic N) is 3. The number of halogens is 4. The third-order valence-corrected chi connectivity index (χ3v) is 3.77. The van der Waals surface area contributed by atoms with Crippen LogP contribution in [0.15, 0.2) is 10.7 Å². The lowest BCUT2D eigenvalue weighted by atomic mass is 9.95. The Balaban J connectivity index is 2.79. The molecule has 1 N–H and O–H groups in total. The highest BCUT2D eigenvalue weighted by Gasteiger charge is 2.33. The summed E-state index contributed by atoms with van der Waals surface area (Å²) in [6.07, 6.45) is -3.63. The molecule has 1 unspecified atom stereocenters. The van der Waals surface area contributed by atoms with E-state index < -0.39 is 18.2 Å². The van der Waals surface area contributed by atoms with Gasteiger partial charge in [0.2, 0.25) is 0 Å². The largest absolute Gasteiger partial charge is 0.389 e. The van der Waals surface area contributed by atoms with Crippen molar-refractivity contribution in [1.82, 2.24) is 14.7 Å². The van der Waals surface area contributed by atoms with E-state index in [4.69, 9.17) is 0 Å². The zero-order valence-corrected chi connectivity index (χ0v) is 14.0. The molecule has 21 heavy (non-hydrogen) atoms. The molecule has 122 valence electrons. The van der Waals surface area contributed by atoms with Crippen LogP contribution in [0.5, 0.6) is 0 Å². The first-order valence-corrected chi connectivity index (χ1v) is 7.48. The van der Waals surface area contributed by atoms with E-state index in [0.717, 1.165) is 6.54 Å². The van der Waals surface area contributed by atoms with Crippen molar-refractivity contribution >= 4 is 15.9 Å². The Labute approximate surface area is 131 Å². The van der Waals surface area contributed by atoms with Crippen molar-refractivity contribution in [2.75, 3.05) is 20.6 Å². The highest BCUT2D eigenvalue weighted by atomic mass is 79.9. The molecular weight excluding hydrogens is 351 g/mol. The van der Waals surface area contributed by atoms with Crippen LogP contribution in [0.25, 0.3) is 0 Å². The monoisotopic (exact) mass is 371 g/mol. The first-order valence-electron chi connectivity index (χ1n) is 6.68. The Bertz CT molecular complexity index is 458. The van der Waals surface area contributed by atoms with E-state index in [2.05, 4.69) is 21.0 Å². The molecule has 1 heterocycles. The molecule has 0 aliphatic heterocycles. The molecule has 1 aromatic rings. The van der Waals surface area contributed by atoms with Crippen molar-refractivity contribution in [2.24, 2.45) is 0 Å². The average molecular weight is 372 g/mol. The lowest BCUT2D eigenvalue weighted by molar-refractivity contribution is -0.138. The average Bonchev–Trinajstić information content (AvgIpc) is 2.66. The van der Waals surface area contributed by atoms with Crippen LogP contribution in [-0.2, 0) is 12.1 Å². The summed E-state index contributed by atoms with van der Waals surface area (Å²) in [5, 5.41) is 14.7. The fourth-order valence-corrected chi connectivity index (χ4v) is 2.84. The van der Waals surface area contributed by atoms with Gasteiger partial charge in [0.05, 0.1) is 22.9 Å². The summed E-state index contributed by atoms with van der Waals surface area (Å²) in [6.45, 7) is 2.81. The smallest absolute Gasteiger partial charge is 0.384 e. The van der Waals surface area contributed by atoms with E-state index >= 15 is 0 Å². The van der Waals surface area contributed by atoms with Crippen molar-refractivity contribution in [3.05, 3.63) is 16.4 Å². The quantitative estimate of drug-likeness (QED) is 0.800. The molecule has 8 heteroatoms. The summed E-state index contributed by atoms with van der Waals surface area (Å²) in [4.78, 5) is 1.97. The number of likely N-dealkylation sites (N-methyl/N-ethyl adjacent to an activating group) is 1. The van der Waals surface area contributed by atoms with Gasteiger partial charge < -0.3 is 10.0 Å². The van der Waals surface area contributed by atoms with Crippen LogP contribution in [0.1, 0.15) is 31.9 Å². The molecule has 4 nitrogen and oxygen atoms in total. The number of hydrogen-bond acceptors (Lipinski definition) is 3. The van der Waals surface area contributed by atoms with Gasteiger partial charge in [0.15, 0.2) is 0 Å². The van der Waals surface area contributed by atoms with Gasteiger partial charge in [-0.15, -0.1) is 0 Å². The number of hydrogen-bond donors (Lipinski definition) is 1. The van der Waals surface area contributed by atoms with Crippen LogP contribution >= 0.6 is 15.9 Å². The predicted molar refractivity (Wildman–Crippen MR) is 78.0 cm³/mol. The summed E-state index contributed by atoms with van der Waals surface area (Å²) in [6, 6.07) is 0. The summed E-state index contributed by atoms with van der Waals surface area (Å²) in [5.41, 5.74) is -0.834. The maximum Gasteiger partial charge on any atom is 0.389 e. The molecule has 0 amide bonds. The summed E-state index contributed by atoms with van der Waals surface area (Å²) in [5.74, 6) is 0. The van der Waals surface area contributed by atoms with Gasteiger partial charge in [0, 0.05) is 13.0 Å². The molecule has 0 aromatic carbocycles. The highest BCUT2D eigenvalue weighted by molar-refractivity contribution is 9.10. The maximum absolute atomic E-state index is 12.2. The first-order chi connectivity index (χ1) is 9.53. The van der Waals surface area contributed by atoms with Gasteiger partial charge in [-0.25, -0.2) is 0 Å². The third-order valence-electron chi connectivity index (χ3n) is 3.19. The summed E-state index contributed by atoms with van der Waals surface area (Å²) < 4.78 is 38.9. The first kappa shape index (κ1) is 18.4. The number of alkyl halides is 3. The normalized spacial score (nSPS) is 15.5. The van der Waals surface area contributed by atoms with E-state index in [-0.39, 0.29) is 12.8 Å². The molecule has 0 bridgehead atoms. The van der Waals surface area contributed by atoms with E-state index in [0.29, 0.717) is 16.7 Å². The topological polar surface area (TPSA) is 41.3 Å². The molecular formula is C13H21BrF3N3O. The molecule has 0 aliphatic carbocycles. The van der Waals surface area contributed by atoms with Gasteiger partial charge in [-0.3, -0.25) is 4.68 Å². The Hall–Kier alpha value is -0.600. The molecule has 0 spiro atoms. The minimum Gasteiger partial charge on any atom is -0.384 e. The second kappa shape index (κ2) is 7.11. The van der Waals surface area contributed by atoms with Crippen LogP contribution in [0, 0.1) is 0 Å². The van der Waals surface area contributed by atoms with Gasteiger partial charge in [0.25, 0.3) is 0 Å². The lowest BCUT2D eigenvalue weighted by Crippen LogP contribution is -2.29. The fourth-order valence-electron chi connectivity index (χ4n) is 2.11. The van der Waals surface area contributed by atoms with Gasteiger partial charge in [-0.05, 0) is 49.8 Å². The lowest BCUT2D eigenvalue weighted by Gasteiger charge is -2.26. The number of aromatic nitrogens is 2. The summed E-state index contributed by atoms with van der Waals surface area (Å²) >= 11 is 3.31. The van der Waals surface area contributed by atoms with E-state index in [9.17, 15) is 18.3 Å². The second-order valence-corrected chi connectivity index (χ2v) is 6.46. The van der Waals surface area contributed by atoms with E-state index in [1.54, 1.807) is 10.9 Å². The molecule has 0 aliphatic rings. The van der Waals surface area contributed by atoms with Crippen molar-refractivity contribution < 1.29 is 18.3 Å². The van der Waals surface area contributed by atoms with E-state index in [1.165, 1.54) is 6.92 Å². The van der Waals surface area contributed by atoms with Gasteiger partial charge >= 0.3 is 6.18 Å². The SMILES string of the molecule is CN(C)CCn1ncc(Br)c1C(C)(O)CCCC(F)(F)F. The molecule has 0 radical (unpaired) electrons. The number of aliphatic hydroxyl groups is 1. The minimum atomic E-state index is -4.20. The summed E-state index contributed by atoms with van der Waals surface area (Å²) in [7, 11) is 3.83. The van der Waals surface area contributed by atoms with Crippen molar-refractivity contribution in [3.8, 4) is 0 Å². The standard InChI is InChI=1S/C13H21BrF3N3O/c1-12(21,5-4-6-13(15,16)17)11-10(14)9-18-20(11)8-7-19(2)3/h9,21H,4-8H2,1-3H3. The van der Waals surface area contributed by atoms with Crippen LogP contribution in [0.4, 0.5) is 13.2 Å². The van der Waals surface area contributed by atoms with Gasteiger partial charge in [-0.2, -0.15) is 18.3 Å². The van der Waals surface area contributed by atoms with Crippen molar-refractivity contribution in [1.29, 1.82) is 0 Å². The zero-order chi connectivity index (χ0) is 16.3. The van der Waals surface area contributed by atoms with Crippen LogP contribution < -0.4 is 0 Å². The Morgan fingerprint density at radius 2 is 1.95 bits per heavy atom. The fraction of sp³-hybridized carbons (Fsp3) is 0.769. The molecule has 0 fully saturated rings. The zero-order valence-electron chi connectivity index (χ0n) is 12.4. The molecule has 1 aromatic heterocycles. The van der Waals surface area contributed by atoms with Gasteiger partial charge in [0.1, 0.15) is 5.60 Å². The molecule has 0 saturated carbocycles. The second-order valence-electron chi connectivity index (χ2n) is 5.61. The number of rotatable bonds is 7. The third kappa shape index (κ3) is 5.96. The molecule has 1 rings (SSSR count). The van der Waals surface area contributed by atoms with Crippen LogP contribution in [0.2, 0.25) is 0 Å². The highest BCUT2D eigenvalue weighted by Crippen LogP contribution is 2.34. The van der Waals surface area contributed by atoms with Crippen molar-refractivity contribution in [3.63, 3.8) is 0 Å². The van der Waals surface area contributed by atoms with Crippen LogP contribution in [0.3, 0.4) is 0 Å². The Kier molecular flexibility index (Phi) is 6.24. The molecule has 1 atom stereocenters. The van der Waals surface area contributed by atoms with Crippen LogP contribution in [-0.4, -0.2) is 46.6 Å². The van der Waals surface area contributed by atoms with Gasteiger partial charge in [-0.1, -0.05) is 0 Å². The maximum atomic E-state index is 12.2. The minimum absolute atomic E-state index is 0.0266. The van der Waals surface area contributed by atoms with E-state index in [1.807, 2.05) is 19.0 Å². The molecule has 0 saturated heterocycles. The Morgan fingerprint density at radius 1 is 1.33 bits per heavy atom. The predicted octanol–water partition coefficient (Wildman–Crippen LogP) is 3.15. The Morgan fingerprint density at radius 3 is 2.48 bits per heavy atom. The van der Waals surface area contributed by atoms with Crippen molar-refractivity contribution in [2.45, 2.75) is 44.5 Å².